The molecule has 1 saturated heterocycles. The lowest BCUT2D eigenvalue weighted by Gasteiger charge is -2.29. The van der Waals surface area contributed by atoms with Crippen LogP contribution in [0.5, 0.6) is 11.5 Å². The third-order valence-electron chi connectivity index (χ3n) is 5.44. The number of benzene rings is 2. The lowest BCUT2D eigenvalue weighted by molar-refractivity contribution is 0.355. The van der Waals surface area contributed by atoms with Crippen LogP contribution in [0.2, 0.25) is 0 Å². The zero-order valence-corrected chi connectivity index (χ0v) is 19.9. The van der Waals surface area contributed by atoms with E-state index in [0.717, 1.165) is 17.0 Å². The highest BCUT2D eigenvalue weighted by molar-refractivity contribution is 8.00. The van der Waals surface area contributed by atoms with Gasteiger partial charge in [0.25, 0.3) is 0 Å². The van der Waals surface area contributed by atoms with Crippen molar-refractivity contribution in [2.45, 2.75) is 23.0 Å². The van der Waals surface area contributed by atoms with Crippen molar-refractivity contribution in [2.24, 2.45) is 0 Å². The summed E-state index contributed by atoms with van der Waals surface area (Å²) in [6, 6.07) is 12.7. The quantitative estimate of drug-likeness (QED) is 0.461. The number of nitrogens with zero attached hydrogens (tertiary/aromatic N) is 3. The Morgan fingerprint density at radius 1 is 1.03 bits per heavy atom. The second kappa shape index (κ2) is 10.1. The predicted octanol–water partition coefficient (Wildman–Crippen LogP) is 5.21. The van der Waals surface area contributed by atoms with Gasteiger partial charge in [-0.1, -0.05) is 6.07 Å². The van der Waals surface area contributed by atoms with Gasteiger partial charge in [0.15, 0.2) is 11.6 Å². The second-order valence-electron chi connectivity index (χ2n) is 7.89. The van der Waals surface area contributed by atoms with E-state index in [2.05, 4.69) is 11.1 Å². The minimum Gasteiger partial charge on any atom is -0.456 e. The lowest BCUT2D eigenvalue weighted by Crippen LogP contribution is -2.38. The van der Waals surface area contributed by atoms with Gasteiger partial charge in [-0.15, -0.1) is 11.8 Å². The van der Waals surface area contributed by atoms with Crippen LogP contribution in [0.4, 0.5) is 8.78 Å². The van der Waals surface area contributed by atoms with Crippen LogP contribution in [0.15, 0.2) is 59.8 Å². The largest absolute Gasteiger partial charge is 0.456 e. The smallest absolute Gasteiger partial charge is 0.211 e. The maximum Gasteiger partial charge on any atom is 0.211 e. The molecule has 1 aromatic heterocycles. The van der Waals surface area contributed by atoms with Crippen LogP contribution in [0.1, 0.15) is 18.4 Å². The first-order chi connectivity index (χ1) is 16.2. The topological polar surface area (TPSA) is 83.3 Å². The van der Waals surface area contributed by atoms with Gasteiger partial charge in [0.1, 0.15) is 17.6 Å². The first-order valence-electron chi connectivity index (χ1n) is 10.5. The first-order valence-corrected chi connectivity index (χ1v) is 13.2. The van der Waals surface area contributed by atoms with E-state index in [9.17, 15) is 22.5 Å². The molecule has 2 heterocycles. The average molecular weight is 502 g/mol. The number of aromatic nitrogens is 1. The van der Waals surface area contributed by atoms with Gasteiger partial charge in [0.05, 0.1) is 18.0 Å². The number of hydrogen-bond acceptors (Lipinski definition) is 6. The van der Waals surface area contributed by atoms with Gasteiger partial charge in [0.2, 0.25) is 10.0 Å². The van der Waals surface area contributed by atoms with Crippen LogP contribution in [-0.2, 0) is 10.0 Å². The Kier molecular flexibility index (Phi) is 7.16. The molecule has 2 aromatic carbocycles. The molecule has 1 fully saturated rings. The number of hydrogen-bond donors (Lipinski definition) is 0. The molecule has 0 N–H and O–H groups in total. The number of pyridine rings is 1. The fourth-order valence-corrected chi connectivity index (χ4v) is 5.73. The summed E-state index contributed by atoms with van der Waals surface area (Å²) in [7, 11) is -3.18. The van der Waals surface area contributed by atoms with E-state index < -0.39 is 21.7 Å². The molecule has 3 aromatic rings. The van der Waals surface area contributed by atoms with Crippen molar-refractivity contribution in [3.8, 4) is 28.7 Å². The Bertz CT molecular complexity index is 1350. The fourth-order valence-electron chi connectivity index (χ4n) is 3.67. The highest BCUT2D eigenvalue weighted by Gasteiger charge is 2.26. The molecular weight excluding hydrogens is 480 g/mol. The molecule has 0 unspecified atom stereocenters. The van der Waals surface area contributed by atoms with Gasteiger partial charge in [-0.25, -0.2) is 21.5 Å². The molecule has 0 saturated carbocycles. The maximum absolute atomic E-state index is 13.6. The molecule has 1 aliphatic heterocycles. The van der Waals surface area contributed by atoms with E-state index in [1.165, 1.54) is 29.0 Å². The van der Waals surface area contributed by atoms with Crippen LogP contribution in [-0.4, -0.2) is 42.3 Å². The molecule has 6 nitrogen and oxygen atoms in total. The highest BCUT2D eigenvalue weighted by atomic mass is 32.2. The molecule has 0 aliphatic carbocycles. The number of ether oxygens (including phenoxy) is 1. The Hall–Kier alpha value is -3.00. The van der Waals surface area contributed by atoms with Crippen LogP contribution in [0, 0.1) is 23.0 Å². The maximum atomic E-state index is 13.6. The van der Waals surface area contributed by atoms with E-state index in [4.69, 9.17) is 4.74 Å². The minimum atomic E-state index is -3.18. The van der Waals surface area contributed by atoms with Gasteiger partial charge >= 0.3 is 0 Å². The summed E-state index contributed by atoms with van der Waals surface area (Å²) < 4.78 is 57.6. The number of thioether (sulfide) groups is 1. The molecule has 4 rings (SSSR count). The summed E-state index contributed by atoms with van der Waals surface area (Å²) in [6.45, 7) is 0.946. The highest BCUT2D eigenvalue weighted by Crippen LogP contribution is 2.35. The van der Waals surface area contributed by atoms with E-state index in [-0.39, 0.29) is 5.25 Å². The molecule has 176 valence electrons. The molecule has 34 heavy (non-hydrogen) atoms. The minimum absolute atomic E-state index is 0.217. The number of rotatable bonds is 6. The second-order valence-corrected chi connectivity index (χ2v) is 11.2. The van der Waals surface area contributed by atoms with Gasteiger partial charge in [-0.2, -0.15) is 5.26 Å². The van der Waals surface area contributed by atoms with Gasteiger partial charge in [-0.3, -0.25) is 4.98 Å². The summed E-state index contributed by atoms with van der Waals surface area (Å²) in [4.78, 5) is 4.92. The van der Waals surface area contributed by atoms with E-state index in [0.29, 0.717) is 54.1 Å². The predicted molar refractivity (Wildman–Crippen MR) is 126 cm³/mol. The lowest BCUT2D eigenvalue weighted by atomic mass is 10.1. The molecule has 10 heteroatoms. The third kappa shape index (κ3) is 5.73. The summed E-state index contributed by atoms with van der Waals surface area (Å²) >= 11 is 1.57. The van der Waals surface area contributed by atoms with E-state index in [1.807, 2.05) is 6.07 Å². The number of nitriles is 1. The zero-order valence-electron chi connectivity index (χ0n) is 18.2. The number of sulfonamides is 1. The van der Waals surface area contributed by atoms with Crippen molar-refractivity contribution in [1.82, 2.24) is 9.29 Å². The summed E-state index contributed by atoms with van der Waals surface area (Å²) in [5.41, 5.74) is 1.48. The molecule has 0 amide bonds. The Morgan fingerprint density at radius 3 is 2.47 bits per heavy atom. The Labute approximate surface area is 201 Å². The summed E-state index contributed by atoms with van der Waals surface area (Å²) in [6.07, 6.45) is 5.66. The summed E-state index contributed by atoms with van der Waals surface area (Å²) in [5, 5.41) is 9.86. The molecular formula is C24H21F2N3O3S2. The molecule has 0 bridgehead atoms. The molecule has 0 spiro atoms. The van der Waals surface area contributed by atoms with Crippen LogP contribution >= 0.6 is 11.8 Å². The standard InChI is InChI=1S/C24H21F2N3O3S2/c1-34(30,31)29-8-6-21(7-9-29)33-24-5-3-19(10-17(24)13-27)32-20-11-18(14-28-15-20)16-2-4-22(25)23(26)12-16/h2-5,10-12,14-15,21H,6-9H2,1H3. The first kappa shape index (κ1) is 24.1. The van der Waals surface area contributed by atoms with Crippen molar-refractivity contribution in [3.05, 3.63) is 72.1 Å². The average Bonchev–Trinajstić information content (AvgIpc) is 2.82. The molecule has 0 atom stereocenters. The summed E-state index contributed by atoms with van der Waals surface area (Å²) in [5.74, 6) is -1.04. The van der Waals surface area contributed by atoms with Crippen molar-refractivity contribution in [3.63, 3.8) is 0 Å². The molecule has 0 radical (unpaired) electrons. The van der Waals surface area contributed by atoms with E-state index >= 15 is 0 Å². The fraction of sp³-hybridized carbons (Fsp3) is 0.250. The van der Waals surface area contributed by atoms with Crippen LogP contribution in [0.25, 0.3) is 11.1 Å². The Balaban J connectivity index is 1.46. The van der Waals surface area contributed by atoms with Crippen molar-refractivity contribution in [2.75, 3.05) is 19.3 Å². The van der Waals surface area contributed by atoms with Crippen molar-refractivity contribution in [1.29, 1.82) is 5.26 Å². The normalized spacial score (nSPS) is 15.1. The number of piperidine rings is 1. The van der Waals surface area contributed by atoms with Crippen LogP contribution in [0.3, 0.4) is 0 Å². The zero-order chi connectivity index (χ0) is 24.3. The van der Waals surface area contributed by atoms with Gasteiger partial charge in [-0.05, 0) is 54.8 Å². The number of halogens is 2. The van der Waals surface area contributed by atoms with Crippen LogP contribution < -0.4 is 4.74 Å². The van der Waals surface area contributed by atoms with Crippen molar-refractivity contribution < 1.29 is 21.9 Å². The third-order valence-corrected chi connectivity index (χ3v) is 8.15. The van der Waals surface area contributed by atoms with Crippen molar-refractivity contribution >= 4 is 21.8 Å². The SMILES string of the molecule is CS(=O)(=O)N1CCC(Sc2ccc(Oc3cncc(-c4ccc(F)c(F)c4)c3)cc2C#N)CC1. The molecule has 1 aliphatic rings. The monoisotopic (exact) mass is 501 g/mol. The van der Waals surface area contributed by atoms with Gasteiger partial charge < -0.3 is 4.74 Å². The van der Waals surface area contributed by atoms with E-state index in [1.54, 1.807) is 30.0 Å². The Morgan fingerprint density at radius 2 is 1.79 bits per heavy atom. The van der Waals surface area contributed by atoms with Gasteiger partial charge in [0, 0.05) is 35.0 Å².